The van der Waals surface area contributed by atoms with Crippen molar-refractivity contribution < 1.29 is 24.1 Å². The second kappa shape index (κ2) is 6.74. The van der Waals surface area contributed by atoms with E-state index >= 15 is 0 Å². The van der Waals surface area contributed by atoms with Gasteiger partial charge in [-0.05, 0) is 13.8 Å². The van der Waals surface area contributed by atoms with E-state index in [0.717, 1.165) is 5.57 Å². The predicted molar refractivity (Wildman–Crippen MR) is 62.0 cm³/mol. The number of carbonyl (C=O) groups is 1. The SMILES string of the molecule is C=C(C)CO[C@H]1CO[C@@H](C)C(OCC(=O)O)C1. The summed E-state index contributed by atoms with van der Waals surface area (Å²) in [6.07, 6.45) is 0.276. The zero-order valence-corrected chi connectivity index (χ0v) is 10.3. The van der Waals surface area contributed by atoms with Gasteiger partial charge in [0.25, 0.3) is 0 Å². The lowest BCUT2D eigenvalue weighted by atomic mass is 10.0. The Morgan fingerprint density at radius 3 is 2.76 bits per heavy atom. The summed E-state index contributed by atoms with van der Waals surface area (Å²) in [4.78, 5) is 10.4. The van der Waals surface area contributed by atoms with Gasteiger partial charge in [-0.25, -0.2) is 4.79 Å². The molecular formula is C12H20O5. The minimum Gasteiger partial charge on any atom is -0.480 e. The first-order chi connectivity index (χ1) is 7.99. The Hall–Kier alpha value is -0.910. The lowest BCUT2D eigenvalue weighted by molar-refractivity contribution is -0.166. The van der Waals surface area contributed by atoms with Gasteiger partial charge in [-0.2, -0.15) is 0 Å². The van der Waals surface area contributed by atoms with Crippen LogP contribution in [0.15, 0.2) is 12.2 Å². The van der Waals surface area contributed by atoms with E-state index in [1.165, 1.54) is 0 Å². The number of carboxylic acid groups (broad SMARTS) is 1. The van der Waals surface area contributed by atoms with Gasteiger partial charge in [-0.3, -0.25) is 0 Å². The molecule has 5 heteroatoms. The van der Waals surface area contributed by atoms with Crippen molar-refractivity contribution in [3.63, 3.8) is 0 Å². The number of ether oxygens (including phenoxy) is 3. The minimum absolute atomic E-state index is 0.0540. The Morgan fingerprint density at radius 1 is 1.47 bits per heavy atom. The van der Waals surface area contributed by atoms with Crippen LogP contribution in [0.25, 0.3) is 0 Å². The van der Waals surface area contributed by atoms with Crippen molar-refractivity contribution in [2.45, 2.75) is 38.6 Å². The zero-order chi connectivity index (χ0) is 12.8. The van der Waals surface area contributed by atoms with E-state index in [-0.39, 0.29) is 24.9 Å². The largest absolute Gasteiger partial charge is 0.480 e. The molecule has 0 saturated carbocycles. The maximum absolute atomic E-state index is 10.4. The second-order valence-corrected chi connectivity index (χ2v) is 4.41. The van der Waals surface area contributed by atoms with E-state index in [2.05, 4.69) is 6.58 Å². The molecule has 1 N–H and O–H groups in total. The molecule has 1 rings (SSSR count). The van der Waals surface area contributed by atoms with Crippen molar-refractivity contribution in [1.82, 2.24) is 0 Å². The summed E-state index contributed by atoms with van der Waals surface area (Å²) in [5.41, 5.74) is 0.951. The molecule has 5 nitrogen and oxygen atoms in total. The average molecular weight is 244 g/mol. The van der Waals surface area contributed by atoms with E-state index in [9.17, 15) is 4.79 Å². The Morgan fingerprint density at radius 2 is 2.18 bits per heavy atom. The van der Waals surface area contributed by atoms with E-state index in [1.54, 1.807) is 0 Å². The van der Waals surface area contributed by atoms with E-state index in [1.807, 2.05) is 13.8 Å². The number of carboxylic acids is 1. The van der Waals surface area contributed by atoms with Gasteiger partial charge in [-0.1, -0.05) is 12.2 Å². The number of hydrogen-bond acceptors (Lipinski definition) is 4. The van der Waals surface area contributed by atoms with Crippen molar-refractivity contribution in [3.05, 3.63) is 12.2 Å². The van der Waals surface area contributed by atoms with Crippen molar-refractivity contribution in [2.24, 2.45) is 0 Å². The van der Waals surface area contributed by atoms with Crippen molar-refractivity contribution >= 4 is 5.97 Å². The normalized spacial score (nSPS) is 28.9. The monoisotopic (exact) mass is 244 g/mol. The Labute approximate surface area is 101 Å². The van der Waals surface area contributed by atoms with Crippen LogP contribution in [-0.2, 0) is 19.0 Å². The molecule has 0 aromatic carbocycles. The van der Waals surface area contributed by atoms with Crippen molar-refractivity contribution in [1.29, 1.82) is 0 Å². The highest BCUT2D eigenvalue weighted by atomic mass is 16.6. The fraction of sp³-hybridized carbons (Fsp3) is 0.750. The van der Waals surface area contributed by atoms with Gasteiger partial charge in [0.15, 0.2) is 0 Å². The van der Waals surface area contributed by atoms with Crippen molar-refractivity contribution in [3.8, 4) is 0 Å². The fourth-order valence-electron chi connectivity index (χ4n) is 1.64. The van der Waals surface area contributed by atoms with Crippen LogP contribution >= 0.6 is 0 Å². The molecule has 3 atom stereocenters. The lowest BCUT2D eigenvalue weighted by Gasteiger charge is -2.33. The highest BCUT2D eigenvalue weighted by Crippen LogP contribution is 2.20. The minimum atomic E-state index is -0.970. The summed E-state index contributed by atoms with van der Waals surface area (Å²) in [7, 11) is 0. The van der Waals surface area contributed by atoms with E-state index in [4.69, 9.17) is 19.3 Å². The van der Waals surface area contributed by atoms with Gasteiger partial charge in [-0.15, -0.1) is 0 Å². The summed E-state index contributed by atoms with van der Waals surface area (Å²) < 4.78 is 16.3. The Balaban J connectivity index is 2.36. The first-order valence-electron chi connectivity index (χ1n) is 5.70. The first kappa shape index (κ1) is 14.2. The third kappa shape index (κ3) is 5.30. The topological polar surface area (TPSA) is 65.0 Å². The first-order valence-corrected chi connectivity index (χ1v) is 5.70. The van der Waals surface area contributed by atoms with Crippen LogP contribution in [0.5, 0.6) is 0 Å². The van der Waals surface area contributed by atoms with Gasteiger partial charge >= 0.3 is 5.97 Å². The molecule has 0 radical (unpaired) electrons. The Bertz CT molecular complexity index is 276. The quantitative estimate of drug-likeness (QED) is 0.712. The van der Waals surface area contributed by atoms with Gasteiger partial charge in [0, 0.05) is 6.42 Å². The molecule has 1 aliphatic heterocycles. The van der Waals surface area contributed by atoms with Crippen molar-refractivity contribution in [2.75, 3.05) is 19.8 Å². The maximum Gasteiger partial charge on any atom is 0.329 e. The van der Waals surface area contributed by atoms with Gasteiger partial charge in [0.1, 0.15) is 6.61 Å². The molecule has 0 aliphatic carbocycles. The summed E-state index contributed by atoms with van der Waals surface area (Å²) in [6.45, 7) is 8.24. The third-order valence-electron chi connectivity index (χ3n) is 2.55. The molecule has 1 fully saturated rings. The molecule has 17 heavy (non-hydrogen) atoms. The van der Waals surface area contributed by atoms with Crippen LogP contribution in [0.1, 0.15) is 20.3 Å². The highest BCUT2D eigenvalue weighted by molar-refractivity contribution is 5.68. The maximum atomic E-state index is 10.4. The number of aliphatic carboxylic acids is 1. The summed E-state index contributed by atoms with van der Waals surface area (Å²) in [6, 6.07) is 0. The molecule has 0 aromatic heterocycles. The third-order valence-corrected chi connectivity index (χ3v) is 2.55. The number of rotatable bonds is 6. The summed E-state index contributed by atoms with van der Waals surface area (Å²) in [5.74, 6) is -0.970. The molecule has 1 heterocycles. The highest BCUT2D eigenvalue weighted by Gasteiger charge is 2.30. The van der Waals surface area contributed by atoms with E-state index in [0.29, 0.717) is 19.6 Å². The molecule has 98 valence electrons. The van der Waals surface area contributed by atoms with Gasteiger partial charge < -0.3 is 19.3 Å². The molecule has 1 saturated heterocycles. The summed E-state index contributed by atoms with van der Waals surface area (Å²) >= 11 is 0. The van der Waals surface area contributed by atoms with Crippen LogP contribution in [0.3, 0.4) is 0 Å². The van der Waals surface area contributed by atoms with E-state index < -0.39 is 5.97 Å². The zero-order valence-electron chi connectivity index (χ0n) is 10.3. The fourth-order valence-corrected chi connectivity index (χ4v) is 1.64. The molecular weight excluding hydrogens is 224 g/mol. The molecule has 0 bridgehead atoms. The Kier molecular flexibility index (Phi) is 5.61. The molecule has 0 spiro atoms. The molecule has 1 aliphatic rings. The van der Waals surface area contributed by atoms with Crippen LogP contribution < -0.4 is 0 Å². The van der Waals surface area contributed by atoms with Gasteiger partial charge in [0.2, 0.25) is 0 Å². The standard InChI is InChI=1S/C12H20O5/c1-8(2)5-16-10-4-11(9(3)15-6-10)17-7-12(13)14/h9-11H,1,4-7H2,2-3H3,(H,13,14)/t9-,10+,11?/m0/s1. The molecule has 0 aromatic rings. The van der Waals surface area contributed by atoms with Gasteiger partial charge in [0.05, 0.1) is 31.5 Å². The average Bonchev–Trinajstić information content (AvgIpc) is 2.26. The second-order valence-electron chi connectivity index (χ2n) is 4.41. The molecule has 0 amide bonds. The summed E-state index contributed by atoms with van der Waals surface area (Å²) in [5, 5.41) is 8.56. The van der Waals surface area contributed by atoms with Crippen LogP contribution in [0.2, 0.25) is 0 Å². The predicted octanol–water partition coefficient (Wildman–Crippen LogP) is 1.23. The lowest BCUT2D eigenvalue weighted by Crippen LogP contribution is -2.43. The molecule has 1 unspecified atom stereocenters. The smallest absolute Gasteiger partial charge is 0.329 e. The number of hydrogen-bond donors (Lipinski definition) is 1. The van der Waals surface area contributed by atoms with Crippen LogP contribution in [0, 0.1) is 0 Å². The van der Waals surface area contributed by atoms with Crippen LogP contribution in [-0.4, -0.2) is 49.2 Å². The van der Waals surface area contributed by atoms with Crippen LogP contribution in [0.4, 0.5) is 0 Å².